The fourth-order valence-corrected chi connectivity index (χ4v) is 4.39. The second-order valence-electron chi connectivity index (χ2n) is 8.62. The number of carboxylic acid groups (broad SMARTS) is 1. The van der Waals surface area contributed by atoms with Crippen molar-refractivity contribution in [1.29, 1.82) is 0 Å². The standard InChI is InChI=1S/C28H28N2O5/c1-18(26(31)30-25(27(32)33)16-15-19-9-3-2-4-10-19)29-28(34)35-17-24-22-13-7-5-11-20(22)21-12-6-8-14-23(21)24/h2-14,18,24-25H,15-17H2,1H3,(H,29,34)(H,30,31)(H,32,33)/t18?,25-/m0/s1. The maximum atomic E-state index is 12.5. The van der Waals surface area contributed by atoms with Gasteiger partial charge in [0.15, 0.2) is 0 Å². The van der Waals surface area contributed by atoms with Crippen LogP contribution in [0.1, 0.15) is 36.0 Å². The van der Waals surface area contributed by atoms with Crippen LogP contribution in [0.25, 0.3) is 11.1 Å². The maximum absolute atomic E-state index is 12.5. The van der Waals surface area contributed by atoms with Gasteiger partial charge in [0.25, 0.3) is 0 Å². The highest BCUT2D eigenvalue weighted by Crippen LogP contribution is 2.44. The van der Waals surface area contributed by atoms with Gasteiger partial charge in [0.1, 0.15) is 18.7 Å². The second kappa shape index (κ2) is 10.9. The summed E-state index contributed by atoms with van der Waals surface area (Å²) < 4.78 is 5.47. The van der Waals surface area contributed by atoms with Gasteiger partial charge in [0, 0.05) is 5.92 Å². The number of carbonyl (C=O) groups excluding carboxylic acids is 2. The first kappa shape index (κ1) is 24.0. The molecule has 0 heterocycles. The Morgan fingerprint density at radius 1 is 0.857 bits per heavy atom. The van der Waals surface area contributed by atoms with E-state index in [-0.39, 0.29) is 18.9 Å². The number of ether oxygens (including phenoxy) is 1. The van der Waals surface area contributed by atoms with Crippen molar-refractivity contribution in [2.24, 2.45) is 0 Å². The third-order valence-corrected chi connectivity index (χ3v) is 6.25. The number of alkyl carbamates (subject to hydrolysis) is 1. The minimum atomic E-state index is -1.12. The third-order valence-electron chi connectivity index (χ3n) is 6.25. The number of fused-ring (bicyclic) bond motifs is 3. The molecular weight excluding hydrogens is 444 g/mol. The highest BCUT2D eigenvalue weighted by Gasteiger charge is 2.29. The van der Waals surface area contributed by atoms with Gasteiger partial charge in [-0.15, -0.1) is 0 Å². The van der Waals surface area contributed by atoms with Gasteiger partial charge in [0.05, 0.1) is 0 Å². The van der Waals surface area contributed by atoms with Crippen molar-refractivity contribution in [3.8, 4) is 11.1 Å². The molecule has 0 bridgehead atoms. The third kappa shape index (κ3) is 5.69. The lowest BCUT2D eigenvalue weighted by molar-refractivity contribution is -0.142. The van der Waals surface area contributed by atoms with Gasteiger partial charge in [-0.2, -0.15) is 0 Å². The molecule has 0 saturated heterocycles. The second-order valence-corrected chi connectivity index (χ2v) is 8.62. The van der Waals surface area contributed by atoms with Gasteiger partial charge >= 0.3 is 12.1 Å². The molecule has 0 saturated carbocycles. The van der Waals surface area contributed by atoms with Crippen molar-refractivity contribution in [3.63, 3.8) is 0 Å². The quantitative estimate of drug-likeness (QED) is 0.435. The van der Waals surface area contributed by atoms with Crippen LogP contribution in [0.5, 0.6) is 0 Å². The fourth-order valence-electron chi connectivity index (χ4n) is 4.39. The molecule has 0 aromatic heterocycles. The molecule has 2 atom stereocenters. The first-order valence-corrected chi connectivity index (χ1v) is 11.6. The highest BCUT2D eigenvalue weighted by molar-refractivity contribution is 5.89. The van der Waals surface area contributed by atoms with Gasteiger partial charge < -0.3 is 20.5 Å². The van der Waals surface area contributed by atoms with Crippen molar-refractivity contribution < 1.29 is 24.2 Å². The van der Waals surface area contributed by atoms with Crippen LogP contribution in [0, 0.1) is 0 Å². The smallest absolute Gasteiger partial charge is 0.407 e. The van der Waals surface area contributed by atoms with E-state index in [0.717, 1.165) is 27.8 Å². The van der Waals surface area contributed by atoms with Crippen molar-refractivity contribution in [3.05, 3.63) is 95.6 Å². The molecule has 0 fully saturated rings. The SMILES string of the molecule is CC(NC(=O)OCC1c2ccccc2-c2ccccc21)C(=O)N[C@@H](CCc1ccccc1)C(=O)O. The van der Waals surface area contributed by atoms with E-state index in [1.54, 1.807) is 0 Å². The predicted molar refractivity (Wildman–Crippen MR) is 132 cm³/mol. The zero-order valence-corrected chi connectivity index (χ0v) is 19.4. The molecule has 7 heteroatoms. The Balaban J connectivity index is 1.30. The molecule has 2 amide bonds. The van der Waals surface area contributed by atoms with E-state index in [4.69, 9.17) is 4.74 Å². The maximum Gasteiger partial charge on any atom is 0.407 e. The van der Waals surface area contributed by atoms with E-state index in [9.17, 15) is 19.5 Å². The van der Waals surface area contributed by atoms with Crippen molar-refractivity contribution in [2.45, 2.75) is 37.8 Å². The molecule has 1 aliphatic rings. The molecule has 1 aliphatic carbocycles. The number of rotatable bonds is 9. The molecule has 0 aliphatic heterocycles. The Morgan fingerprint density at radius 3 is 2.03 bits per heavy atom. The largest absolute Gasteiger partial charge is 0.480 e. The minimum absolute atomic E-state index is 0.0911. The summed E-state index contributed by atoms with van der Waals surface area (Å²) in [7, 11) is 0. The Labute approximate surface area is 204 Å². The molecule has 4 rings (SSSR count). The highest BCUT2D eigenvalue weighted by atomic mass is 16.5. The van der Waals surface area contributed by atoms with E-state index in [0.29, 0.717) is 6.42 Å². The van der Waals surface area contributed by atoms with E-state index in [2.05, 4.69) is 22.8 Å². The molecule has 180 valence electrons. The summed E-state index contributed by atoms with van der Waals surface area (Å²) in [5.41, 5.74) is 5.42. The molecule has 35 heavy (non-hydrogen) atoms. The molecule has 3 N–H and O–H groups in total. The summed E-state index contributed by atoms with van der Waals surface area (Å²) in [4.78, 5) is 36.6. The van der Waals surface area contributed by atoms with E-state index in [1.807, 2.05) is 66.7 Å². The molecule has 0 radical (unpaired) electrons. The lowest BCUT2D eigenvalue weighted by Gasteiger charge is -2.19. The summed E-state index contributed by atoms with van der Waals surface area (Å²) in [5, 5.41) is 14.5. The topological polar surface area (TPSA) is 105 Å². The Morgan fingerprint density at radius 2 is 1.43 bits per heavy atom. The zero-order valence-electron chi connectivity index (χ0n) is 19.4. The predicted octanol–water partition coefficient (Wildman–Crippen LogP) is 4.12. The van der Waals surface area contributed by atoms with Crippen LogP contribution in [0.2, 0.25) is 0 Å². The molecule has 1 unspecified atom stereocenters. The Bertz CT molecular complexity index is 1170. The van der Waals surface area contributed by atoms with Crippen LogP contribution >= 0.6 is 0 Å². The number of hydrogen-bond donors (Lipinski definition) is 3. The van der Waals surface area contributed by atoms with Gasteiger partial charge in [0.2, 0.25) is 5.91 Å². The van der Waals surface area contributed by atoms with Crippen molar-refractivity contribution in [2.75, 3.05) is 6.61 Å². The van der Waals surface area contributed by atoms with Crippen LogP contribution < -0.4 is 10.6 Å². The lowest BCUT2D eigenvalue weighted by atomic mass is 9.98. The molecule has 7 nitrogen and oxygen atoms in total. The zero-order chi connectivity index (χ0) is 24.8. The number of benzene rings is 3. The molecule has 3 aromatic rings. The van der Waals surface area contributed by atoms with Gasteiger partial charge in [-0.3, -0.25) is 4.79 Å². The number of aliphatic carboxylic acids is 1. The molecule has 3 aromatic carbocycles. The van der Waals surface area contributed by atoms with Crippen LogP contribution in [0.3, 0.4) is 0 Å². The van der Waals surface area contributed by atoms with Crippen LogP contribution in [-0.2, 0) is 20.7 Å². The summed E-state index contributed by atoms with van der Waals surface area (Å²) >= 11 is 0. The average molecular weight is 473 g/mol. The van der Waals surface area contributed by atoms with E-state index in [1.165, 1.54) is 6.92 Å². The normalized spacial score (nSPS) is 13.7. The first-order chi connectivity index (χ1) is 16.9. The molecular formula is C28H28N2O5. The monoisotopic (exact) mass is 472 g/mol. The van der Waals surface area contributed by atoms with Crippen LogP contribution in [0.4, 0.5) is 4.79 Å². The van der Waals surface area contributed by atoms with Crippen LogP contribution in [-0.4, -0.2) is 41.8 Å². The number of hydrogen-bond acceptors (Lipinski definition) is 4. The van der Waals surface area contributed by atoms with Crippen molar-refractivity contribution >= 4 is 18.0 Å². The van der Waals surface area contributed by atoms with E-state index >= 15 is 0 Å². The minimum Gasteiger partial charge on any atom is -0.480 e. The van der Waals surface area contributed by atoms with Crippen molar-refractivity contribution in [1.82, 2.24) is 10.6 Å². The summed E-state index contributed by atoms with van der Waals surface area (Å²) in [6.07, 6.45) is 0.0142. The Hall–Kier alpha value is -4.13. The summed E-state index contributed by atoms with van der Waals surface area (Å²) in [6, 6.07) is 23.5. The lowest BCUT2D eigenvalue weighted by Crippen LogP contribution is -2.50. The summed E-state index contributed by atoms with van der Waals surface area (Å²) in [5.74, 6) is -1.80. The van der Waals surface area contributed by atoms with E-state index < -0.39 is 30.1 Å². The van der Waals surface area contributed by atoms with Gasteiger partial charge in [-0.25, -0.2) is 9.59 Å². The number of carboxylic acids is 1. The van der Waals surface area contributed by atoms with Crippen LogP contribution in [0.15, 0.2) is 78.9 Å². The number of carbonyl (C=O) groups is 3. The number of amides is 2. The first-order valence-electron chi connectivity index (χ1n) is 11.6. The molecule has 0 spiro atoms. The fraction of sp³-hybridized carbons (Fsp3) is 0.250. The Kier molecular flexibility index (Phi) is 7.45. The number of aryl methyl sites for hydroxylation is 1. The average Bonchev–Trinajstić information content (AvgIpc) is 3.19. The van der Waals surface area contributed by atoms with Gasteiger partial charge in [-0.1, -0.05) is 78.9 Å². The van der Waals surface area contributed by atoms with Gasteiger partial charge in [-0.05, 0) is 47.6 Å². The number of nitrogens with one attached hydrogen (secondary N) is 2. The summed E-state index contributed by atoms with van der Waals surface area (Å²) in [6.45, 7) is 1.62.